The summed E-state index contributed by atoms with van der Waals surface area (Å²) in [7, 11) is -2.22. The summed E-state index contributed by atoms with van der Waals surface area (Å²) in [5.41, 5.74) is 0.861. The second-order valence-corrected chi connectivity index (χ2v) is 7.98. The van der Waals surface area contributed by atoms with Gasteiger partial charge in [0.25, 0.3) is 0 Å². The van der Waals surface area contributed by atoms with Crippen LogP contribution in [-0.4, -0.2) is 33.7 Å². The van der Waals surface area contributed by atoms with Crippen molar-refractivity contribution in [3.05, 3.63) is 53.6 Å². The third kappa shape index (κ3) is 4.89. The lowest BCUT2D eigenvalue weighted by Gasteiger charge is -2.30. The van der Waals surface area contributed by atoms with Crippen molar-refractivity contribution < 1.29 is 17.9 Å². The van der Waals surface area contributed by atoms with E-state index in [1.165, 1.54) is 7.11 Å². The summed E-state index contributed by atoms with van der Waals surface area (Å²) in [6.45, 7) is 1.75. The normalized spacial score (nSPS) is 12.3. The Morgan fingerprint density at radius 3 is 2.50 bits per heavy atom. The van der Waals surface area contributed by atoms with Gasteiger partial charge in [0.05, 0.1) is 19.1 Å². The number of nitrogens with one attached hydrogen (secondary N) is 1. The number of amides is 1. The van der Waals surface area contributed by atoms with E-state index < -0.39 is 22.0 Å². The van der Waals surface area contributed by atoms with Crippen LogP contribution in [0, 0.1) is 0 Å². The van der Waals surface area contributed by atoms with Crippen molar-refractivity contribution in [1.29, 1.82) is 0 Å². The number of methoxy groups -OCH3 is 1. The maximum Gasteiger partial charge on any atom is 0.248 e. The van der Waals surface area contributed by atoms with Crippen LogP contribution in [0.15, 0.2) is 48.5 Å². The molecule has 1 N–H and O–H groups in total. The van der Waals surface area contributed by atoms with Crippen molar-refractivity contribution in [1.82, 2.24) is 0 Å². The van der Waals surface area contributed by atoms with Crippen molar-refractivity contribution in [2.24, 2.45) is 0 Å². The summed E-state index contributed by atoms with van der Waals surface area (Å²) in [6.07, 6.45) is 1.36. The first-order valence-corrected chi connectivity index (χ1v) is 10.2. The molecular weight excluding hydrogens is 376 g/mol. The summed E-state index contributed by atoms with van der Waals surface area (Å²) in [6, 6.07) is 12.3. The third-order valence-electron chi connectivity index (χ3n) is 3.73. The van der Waals surface area contributed by atoms with Gasteiger partial charge in [0.1, 0.15) is 11.8 Å². The first kappa shape index (κ1) is 20.1. The van der Waals surface area contributed by atoms with Crippen molar-refractivity contribution in [2.45, 2.75) is 19.4 Å². The average molecular weight is 397 g/mol. The summed E-state index contributed by atoms with van der Waals surface area (Å²) in [4.78, 5) is 12.8. The predicted octanol–water partition coefficient (Wildman–Crippen LogP) is 3.53. The molecule has 0 bridgehead atoms. The highest BCUT2D eigenvalue weighted by Crippen LogP contribution is 2.27. The van der Waals surface area contributed by atoms with Gasteiger partial charge in [-0.1, -0.05) is 30.7 Å². The van der Waals surface area contributed by atoms with Crippen LogP contribution in [0.4, 0.5) is 11.4 Å². The standard InChI is InChI=1S/C18H21ClN2O4S/c1-4-17(18(22)20-14-8-5-7-13(19)11-14)21(26(3,23)24)15-9-6-10-16(12-15)25-2/h5-12,17H,4H2,1-3H3,(H,20,22)/t17-/m1/s1. The number of benzene rings is 2. The molecule has 140 valence electrons. The van der Waals surface area contributed by atoms with Gasteiger partial charge in [-0.2, -0.15) is 0 Å². The molecule has 0 spiro atoms. The van der Waals surface area contributed by atoms with Crippen LogP contribution < -0.4 is 14.4 Å². The monoisotopic (exact) mass is 396 g/mol. The zero-order chi connectivity index (χ0) is 19.3. The minimum Gasteiger partial charge on any atom is -0.497 e. The molecule has 0 aliphatic rings. The van der Waals surface area contributed by atoms with Crippen LogP contribution in [0.3, 0.4) is 0 Å². The fourth-order valence-electron chi connectivity index (χ4n) is 2.60. The Balaban J connectivity index is 2.39. The van der Waals surface area contributed by atoms with Crippen LogP contribution in [0.25, 0.3) is 0 Å². The predicted molar refractivity (Wildman–Crippen MR) is 104 cm³/mol. The second kappa shape index (κ2) is 8.42. The number of halogens is 1. The van der Waals surface area contributed by atoms with Crippen molar-refractivity contribution >= 4 is 38.9 Å². The van der Waals surface area contributed by atoms with Gasteiger partial charge in [-0.3, -0.25) is 9.10 Å². The Kier molecular flexibility index (Phi) is 6.50. The topological polar surface area (TPSA) is 75.7 Å². The van der Waals surface area contributed by atoms with E-state index in [0.717, 1.165) is 10.6 Å². The third-order valence-corrected chi connectivity index (χ3v) is 5.14. The number of carbonyl (C=O) groups excluding carboxylic acids is 1. The highest BCUT2D eigenvalue weighted by atomic mass is 35.5. The molecule has 2 rings (SSSR count). The maximum atomic E-state index is 12.8. The molecule has 0 aliphatic carbocycles. The van der Waals surface area contributed by atoms with Crippen LogP contribution in [0.1, 0.15) is 13.3 Å². The fraction of sp³-hybridized carbons (Fsp3) is 0.278. The first-order valence-electron chi connectivity index (χ1n) is 7.96. The molecule has 1 amide bonds. The molecule has 26 heavy (non-hydrogen) atoms. The molecule has 0 saturated heterocycles. The molecule has 8 heteroatoms. The summed E-state index contributed by atoms with van der Waals surface area (Å²) >= 11 is 5.93. The van der Waals surface area contributed by atoms with Gasteiger partial charge in [0, 0.05) is 16.8 Å². The number of sulfonamides is 1. The average Bonchev–Trinajstić information content (AvgIpc) is 2.58. The molecule has 2 aromatic rings. The smallest absolute Gasteiger partial charge is 0.248 e. The molecule has 0 aromatic heterocycles. The number of anilines is 2. The van der Waals surface area contributed by atoms with E-state index >= 15 is 0 Å². The highest BCUT2D eigenvalue weighted by Gasteiger charge is 2.31. The Labute approximate surface area is 158 Å². The number of nitrogens with zero attached hydrogens (tertiary/aromatic N) is 1. The quantitative estimate of drug-likeness (QED) is 0.776. The lowest BCUT2D eigenvalue weighted by Crippen LogP contribution is -2.47. The number of rotatable bonds is 7. The van der Waals surface area contributed by atoms with E-state index in [4.69, 9.17) is 16.3 Å². The van der Waals surface area contributed by atoms with Gasteiger partial charge in [-0.15, -0.1) is 0 Å². The molecule has 0 saturated carbocycles. The van der Waals surface area contributed by atoms with Crippen LogP contribution in [-0.2, 0) is 14.8 Å². The number of hydrogen-bond acceptors (Lipinski definition) is 4. The van der Waals surface area contributed by atoms with Gasteiger partial charge in [-0.05, 0) is 36.8 Å². The zero-order valence-electron chi connectivity index (χ0n) is 14.8. The van der Waals surface area contributed by atoms with E-state index in [-0.39, 0.29) is 6.42 Å². The van der Waals surface area contributed by atoms with Gasteiger partial charge < -0.3 is 10.1 Å². The zero-order valence-corrected chi connectivity index (χ0v) is 16.3. The van der Waals surface area contributed by atoms with E-state index in [9.17, 15) is 13.2 Å². The number of ether oxygens (including phenoxy) is 1. The summed E-state index contributed by atoms with van der Waals surface area (Å²) in [5.74, 6) is 0.0595. The minimum atomic E-state index is -3.71. The molecule has 0 unspecified atom stereocenters. The molecule has 2 aromatic carbocycles. The van der Waals surface area contributed by atoms with Crippen LogP contribution >= 0.6 is 11.6 Å². The minimum absolute atomic E-state index is 0.288. The molecule has 0 fully saturated rings. The molecule has 6 nitrogen and oxygen atoms in total. The Bertz CT molecular complexity index is 886. The van der Waals surface area contributed by atoms with Gasteiger partial charge >= 0.3 is 0 Å². The molecule has 0 heterocycles. The first-order chi connectivity index (χ1) is 12.3. The fourth-order valence-corrected chi connectivity index (χ4v) is 3.99. The largest absolute Gasteiger partial charge is 0.497 e. The van der Waals surface area contributed by atoms with Gasteiger partial charge in [-0.25, -0.2) is 8.42 Å². The lowest BCUT2D eigenvalue weighted by molar-refractivity contribution is -0.117. The van der Waals surface area contributed by atoms with E-state index in [1.807, 2.05) is 0 Å². The lowest BCUT2D eigenvalue weighted by atomic mass is 10.1. The Morgan fingerprint density at radius 1 is 1.23 bits per heavy atom. The molecule has 1 atom stereocenters. The number of carbonyl (C=O) groups is 1. The highest BCUT2D eigenvalue weighted by molar-refractivity contribution is 7.92. The Morgan fingerprint density at radius 2 is 1.92 bits per heavy atom. The van der Waals surface area contributed by atoms with Gasteiger partial charge in [0.2, 0.25) is 15.9 Å². The summed E-state index contributed by atoms with van der Waals surface area (Å²) in [5, 5.41) is 3.20. The molecular formula is C18H21ClN2O4S. The van der Waals surface area contributed by atoms with Crippen molar-refractivity contribution in [3.8, 4) is 5.75 Å². The molecule has 0 aliphatic heterocycles. The SMILES string of the molecule is CC[C@H](C(=O)Nc1cccc(Cl)c1)N(c1cccc(OC)c1)S(C)(=O)=O. The maximum absolute atomic E-state index is 12.8. The van der Waals surface area contributed by atoms with E-state index in [2.05, 4.69) is 5.32 Å². The van der Waals surface area contributed by atoms with Crippen molar-refractivity contribution in [3.63, 3.8) is 0 Å². The number of hydrogen-bond donors (Lipinski definition) is 1. The van der Waals surface area contributed by atoms with E-state index in [0.29, 0.717) is 22.1 Å². The summed E-state index contributed by atoms with van der Waals surface area (Å²) < 4.78 is 31.1. The van der Waals surface area contributed by atoms with E-state index in [1.54, 1.807) is 55.5 Å². The van der Waals surface area contributed by atoms with Crippen LogP contribution in [0.5, 0.6) is 5.75 Å². The van der Waals surface area contributed by atoms with Gasteiger partial charge in [0.15, 0.2) is 0 Å². The Hall–Kier alpha value is -2.25. The van der Waals surface area contributed by atoms with Crippen molar-refractivity contribution in [2.75, 3.05) is 23.0 Å². The molecule has 0 radical (unpaired) electrons. The second-order valence-electron chi connectivity index (χ2n) is 5.68. The van der Waals surface area contributed by atoms with Crippen LogP contribution in [0.2, 0.25) is 5.02 Å².